The van der Waals surface area contributed by atoms with E-state index >= 15 is 0 Å². The molecular formula is C11H10ClN3O. The van der Waals surface area contributed by atoms with Crippen LogP contribution in [-0.4, -0.2) is 9.55 Å². The highest BCUT2D eigenvalue weighted by atomic mass is 35.5. The van der Waals surface area contributed by atoms with Crippen molar-refractivity contribution in [2.24, 2.45) is 0 Å². The molecule has 0 unspecified atom stereocenters. The molecule has 5 heteroatoms. The van der Waals surface area contributed by atoms with Crippen LogP contribution in [0.25, 0.3) is 0 Å². The van der Waals surface area contributed by atoms with E-state index in [9.17, 15) is 4.79 Å². The first-order chi connectivity index (χ1) is 7.66. The molecule has 82 valence electrons. The van der Waals surface area contributed by atoms with E-state index in [1.54, 1.807) is 18.2 Å². The van der Waals surface area contributed by atoms with Gasteiger partial charge < -0.3 is 5.73 Å². The number of benzene rings is 1. The molecule has 2 N–H and O–H groups in total. The lowest BCUT2D eigenvalue weighted by Gasteiger charge is -2.07. The first kappa shape index (κ1) is 10.7. The fraction of sp³-hybridized carbons (Fsp3) is 0.0909. The average Bonchev–Trinajstić information content (AvgIpc) is 2.25. The molecule has 1 aromatic carbocycles. The van der Waals surface area contributed by atoms with E-state index in [-0.39, 0.29) is 5.56 Å². The highest BCUT2D eigenvalue weighted by Crippen LogP contribution is 2.19. The summed E-state index contributed by atoms with van der Waals surface area (Å²) in [5, 5.41) is 0.552. The Morgan fingerprint density at radius 3 is 2.88 bits per heavy atom. The molecule has 1 heterocycles. The second-order valence-corrected chi connectivity index (χ2v) is 3.80. The van der Waals surface area contributed by atoms with E-state index in [1.165, 1.54) is 23.2 Å². The van der Waals surface area contributed by atoms with Crippen LogP contribution in [0.4, 0.5) is 5.69 Å². The summed E-state index contributed by atoms with van der Waals surface area (Å²) in [6, 6.07) is 6.63. The van der Waals surface area contributed by atoms with Crippen molar-refractivity contribution >= 4 is 17.3 Å². The van der Waals surface area contributed by atoms with E-state index in [0.29, 0.717) is 17.3 Å². The van der Waals surface area contributed by atoms with Gasteiger partial charge in [-0.15, -0.1) is 0 Å². The van der Waals surface area contributed by atoms with E-state index in [4.69, 9.17) is 17.3 Å². The van der Waals surface area contributed by atoms with Gasteiger partial charge in [0.05, 0.1) is 12.9 Å². The minimum atomic E-state index is -0.108. The van der Waals surface area contributed by atoms with Crippen molar-refractivity contribution in [2.75, 3.05) is 5.73 Å². The number of rotatable bonds is 2. The van der Waals surface area contributed by atoms with Crippen molar-refractivity contribution in [3.05, 3.63) is 57.7 Å². The van der Waals surface area contributed by atoms with Crippen molar-refractivity contribution in [3.63, 3.8) is 0 Å². The highest BCUT2D eigenvalue weighted by Gasteiger charge is 2.02. The number of nitrogens with zero attached hydrogens (tertiary/aromatic N) is 2. The third-order valence-corrected chi connectivity index (χ3v) is 2.56. The number of aromatic nitrogens is 2. The summed E-state index contributed by atoms with van der Waals surface area (Å²) in [7, 11) is 0. The largest absolute Gasteiger partial charge is 0.399 e. The number of nitrogens with two attached hydrogens (primary N) is 1. The van der Waals surface area contributed by atoms with Crippen LogP contribution in [0.2, 0.25) is 5.02 Å². The lowest BCUT2D eigenvalue weighted by atomic mass is 10.2. The Labute approximate surface area is 97.3 Å². The number of nitrogen functional groups attached to an aromatic ring is 1. The molecule has 0 atom stereocenters. The van der Waals surface area contributed by atoms with E-state index in [0.717, 1.165) is 5.56 Å². The number of hydrogen-bond acceptors (Lipinski definition) is 3. The van der Waals surface area contributed by atoms with Gasteiger partial charge in [-0.2, -0.15) is 0 Å². The minimum Gasteiger partial charge on any atom is -0.399 e. The molecule has 0 aliphatic carbocycles. The van der Waals surface area contributed by atoms with E-state index in [1.807, 2.05) is 0 Å². The molecule has 0 aliphatic heterocycles. The smallest absolute Gasteiger partial charge is 0.253 e. The highest BCUT2D eigenvalue weighted by molar-refractivity contribution is 6.31. The van der Waals surface area contributed by atoms with Gasteiger partial charge in [-0.05, 0) is 17.7 Å². The van der Waals surface area contributed by atoms with E-state index in [2.05, 4.69) is 4.98 Å². The van der Waals surface area contributed by atoms with Gasteiger partial charge in [0.15, 0.2) is 0 Å². The quantitative estimate of drug-likeness (QED) is 0.803. The van der Waals surface area contributed by atoms with Gasteiger partial charge in [-0.25, -0.2) is 4.98 Å². The first-order valence-electron chi connectivity index (χ1n) is 4.71. The topological polar surface area (TPSA) is 60.9 Å². The molecule has 16 heavy (non-hydrogen) atoms. The normalized spacial score (nSPS) is 10.3. The van der Waals surface area contributed by atoms with Crippen LogP contribution in [-0.2, 0) is 6.54 Å². The summed E-state index contributed by atoms with van der Waals surface area (Å²) >= 11 is 6.02. The van der Waals surface area contributed by atoms with Gasteiger partial charge in [0, 0.05) is 23.0 Å². The van der Waals surface area contributed by atoms with Crippen LogP contribution in [0.15, 0.2) is 41.6 Å². The number of hydrogen-bond donors (Lipinski definition) is 1. The van der Waals surface area contributed by atoms with Crippen LogP contribution in [0.1, 0.15) is 5.56 Å². The predicted molar refractivity (Wildman–Crippen MR) is 63.5 cm³/mol. The monoisotopic (exact) mass is 235 g/mol. The van der Waals surface area contributed by atoms with Gasteiger partial charge in [0.1, 0.15) is 0 Å². The third kappa shape index (κ3) is 2.23. The van der Waals surface area contributed by atoms with Crippen LogP contribution in [0.5, 0.6) is 0 Å². The zero-order valence-electron chi connectivity index (χ0n) is 8.43. The maximum absolute atomic E-state index is 11.5. The molecule has 1 aromatic heterocycles. The number of halogens is 1. The fourth-order valence-electron chi connectivity index (χ4n) is 1.37. The summed E-state index contributed by atoms with van der Waals surface area (Å²) in [6.07, 6.45) is 2.94. The lowest BCUT2D eigenvalue weighted by Crippen LogP contribution is -2.19. The molecule has 0 saturated heterocycles. The molecular weight excluding hydrogens is 226 g/mol. The zero-order chi connectivity index (χ0) is 11.5. The van der Waals surface area contributed by atoms with Gasteiger partial charge in [-0.3, -0.25) is 9.36 Å². The molecule has 0 bridgehead atoms. The Morgan fingerprint density at radius 2 is 2.19 bits per heavy atom. The minimum absolute atomic E-state index is 0.108. The lowest BCUT2D eigenvalue weighted by molar-refractivity contribution is 0.736. The Bertz CT molecular complexity index is 565. The molecule has 4 nitrogen and oxygen atoms in total. The van der Waals surface area contributed by atoms with Crippen LogP contribution in [0.3, 0.4) is 0 Å². The fourth-order valence-corrected chi connectivity index (χ4v) is 1.62. The van der Waals surface area contributed by atoms with Crippen molar-refractivity contribution in [3.8, 4) is 0 Å². The van der Waals surface area contributed by atoms with E-state index < -0.39 is 0 Å². The zero-order valence-corrected chi connectivity index (χ0v) is 9.19. The first-order valence-corrected chi connectivity index (χ1v) is 5.09. The summed E-state index contributed by atoms with van der Waals surface area (Å²) in [5.41, 5.74) is 6.92. The molecule has 0 radical (unpaired) electrons. The summed E-state index contributed by atoms with van der Waals surface area (Å²) in [4.78, 5) is 15.3. The number of anilines is 1. The molecule has 0 aliphatic rings. The third-order valence-electron chi connectivity index (χ3n) is 2.21. The maximum Gasteiger partial charge on any atom is 0.253 e. The second-order valence-electron chi connectivity index (χ2n) is 3.40. The molecule has 0 saturated carbocycles. The predicted octanol–water partition coefficient (Wildman–Crippen LogP) is 1.53. The van der Waals surface area contributed by atoms with Crippen molar-refractivity contribution in [2.45, 2.75) is 6.54 Å². The van der Waals surface area contributed by atoms with Gasteiger partial charge in [-0.1, -0.05) is 17.7 Å². The van der Waals surface area contributed by atoms with Gasteiger partial charge >= 0.3 is 0 Å². The summed E-state index contributed by atoms with van der Waals surface area (Å²) < 4.78 is 1.48. The molecule has 0 amide bonds. The summed E-state index contributed by atoms with van der Waals surface area (Å²) in [6.45, 7) is 0.395. The van der Waals surface area contributed by atoms with Crippen LogP contribution >= 0.6 is 11.6 Å². The SMILES string of the molecule is Nc1ccc(Cn2cnccc2=O)c(Cl)c1. The van der Waals surface area contributed by atoms with Crippen LogP contribution < -0.4 is 11.3 Å². The summed E-state index contributed by atoms with van der Waals surface area (Å²) in [5.74, 6) is 0. The second kappa shape index (κ2) is 4.37. The van der Waals surface area contributed by atoms with Gasteiger partial charge in [0.2, 0.25) is 0 Å². The molecule has 0 spiro atoms. The average molecular weight is 236 g/mol. The van der Waals surface area contributed by atoms with Crippen molar-refractivity contribution in [1.29, 1.82) is 0 Å². The Hall–Kier alpha value is -1.81. The Morgan fingerprint density at radius 1 is 1.38 bits per heavy atom. The van der Waals surface area contributed by atoms with Gasteiger partial charge in [0.25, 0.3) is 5.56 Å². The maximum atomic E-state index is 11.5. The Kier molecular flexibility index (Phi) is 2.92. The standard InChI is InChI=1S/C11H10ClN3O/c12-10-5-9(13)2-1-8(10)6-15-7-14-4-3-11(15)16/h1-5,7H,6,13H2. The van der Waals surface area contributed by atoms with Crippen molar-refractivity contribution in [1.82, 2.24) is 9.55 Å². The molecule has 2 aromatic rings. The molecule has 0 fully saturated rings. The molecule has 2 rings (SSSR count). The van der Waals surface area contributed by atoms with Crippen molar-refractivity contribution < 1.29 is 0 Å². The van der Waals surface area contributed by atoms with Crippen LogP contribution in [0, 0.1) is 0 Å². The Balaban J connectivity index is 2.35.